The van der Waals surface area contributed by atoms with E-state index < -0.39 is 30.3 Å². The summed E-state index contributed by atoms with van der Waals surface area (Å²) in [4.78, 5) is 33.5. The molecule has 0 aromatic heterocycles. The Bertz CT molecular complexity index is 275. The lowest BCUT2D eigenvalue weighted by molar-refractivity contribution is -0.125. The summed E-state index contributed by atoms with van der Waals surface area (Å²) in [6.45, 7) is 4.50. The van der Waals surface area contributed by atoms with Gasteiger partial charge >= 0.3 is 12.2 Å². The van der Waals surface area contributed by atoms with Gasteiger partial charge in [-0.05, 0) is 20.8 Å². The van der Waals surface area contributed by atoms with Gasteiger partial charge in [0.25, 0.3) is 5.91 Å². The maximum Gasteiger partial charge on any atom is 0.426 e. The third kappa shape index (κ3) is 2.21. The highest BCUT2D eigenvalue weighted by Crippen LogP contribution is 2.13. The van der Waals surface area contributed by atoms with Crippen LogP contribution in [0.5, 0.6) is 0 Å². The molecule has 1 rings (SSSR count). The molecule has 1 heterocycles. The highest BCUT2D eigenvalue weighted by Gasteiger charge is 2.39. The summed E-state index contributed by atoms with van der Waals surface area (Å²) in [6.07, 6.45) is -1.98. The molecule has 1 fully saturated rings. The second-order valence-corrected chi connectivity index (χ2v) is 3.76. The topological polar surface area (TPSA) is 72.9 Å². The molecule has 0 aliphatic carbocycles. The number of carbonyl (C=O) groups is 3. The molecule has 1 aliphatic rings. The molecule has 0 N–H and O–H groups in total. The number of hydrogen-bond donors (Lipinski definition) is 0. The van der Waals surface area contributed by atoms with Crippen molar-refractivity contribution < 1.29 is 23.9 Å². The van der Waals surface area contributed by atoms with Crippen LogP contribution in [0.4, 0.5) is 9.59 Å². The summed E-state index contributed by atoms with van der Waals surface area (Å²) >= 11 is 0. The molecule has 0 spiro atoms. The summed E-state index contributed by atoms with van der Waals surface area (Å²) in [5.41, 5.74) is -0.750. The zero-order valence-electron chi connectivity index (χ0n) is 8.20. The van der Waals surface area contributed by atoms with Crippen LogP contribution in [-0.4, -0.2) is 35.2 Å². The summed E-state index contributed by atoms with van der Waals surface area (Å²) in [5.74, 6) is -0.704. The van der Waals surface area contributed by atoms with E-state index in [1.807, 2.05) is 0 Å². The average molecular weight is 201 g/mol. The van der Waals surface area contributed by atoms with Gasteiger partial charge in [0, 0.05) is 0 Å². The van der Waals surface area contributed by atoms with Gasteiger partial charge in [-0.25, -0.2) is 9.59 Å². The van der Waals surface area contributed by atoms with E-state index in [1.165, 1.54) is 0 Å². The number of amides is 3. The number of hydrogen-bond acceptors (Lipinski definition) is 5. The number of ether oxygens (including phenoxy) is 2. The van der Waals surface area contributed by atoms with E-state index in [4.69, 9.17) is 4.74 Å². The first-order valence-corrected chi connectivity index (χ1v) is 4.04. The molecule has 0 aromatic rings. The molecule has 0 atom stereocenters. The van der Waals surface area contributed by atoms with Crippen molar-refractivity contribution in [3.05, 3.63) is 0 Å². The molecule has 0 aromatic carbocycles. The Morgan fingerprint density at radius 3 is 2.36 bits per heavy atom. The van der Waals surface area contributed by atoms with Crippen LogP contribution in [0.15, 0.2) is 0 Å². The van der Waals surface area contributed by atoms with E-state index in [1.54, 1.807) is 20.8 Å². The van der Waals surface area contributed by atoms with Crippen molar-refractivity contribution in [2.45, 2.75) is 26.4 Å². The van der Waals surface area contributed by atoms with E-state index >= 15 is 0 Å². The highest BCUT2D eigenvalue weighted by molar-refractivity contribution is 6.10. The highest BCUT2D eigenvalue weighted by atomic mass is 16.6. The third-order valence-corrected chi connectivity index (χ3v) is 1.33. The van der Waals surface area contributed by atoms with Crippen molar-refractivity contribution in [1.82, 2.24) is 4.90 Å². The molecule has 6 heteroatoms. The Kier molecular flexibility index (Phi) is 2.46. The van der Waals surface area contributed by atoms with Crippen LogP contribution in [0.1, 0.15) is 20.8 Å². The van der Waals surface area contributed by atoms with E-state index in [0.717, 1.165) is 0 Å². The molecule has 0 unspecified atom stereocenters. The molecule has 0 radical (unpaired) electrons. The van der Waals surface area contributed by atoms with E-state index in [9.17, 15) is 14.4 Å². The van der Waals surface area contributed by atoms with Gasteiger partial charge in [0.2, 0.25) is 0 Å². The smallest absolute Gasteiger partial charge is 0.426 e. The molecular formula is C8H11NO5. The maximum absolute atomic E-state index is 11.3. The van der Waals surface area contributed by atoms with Gasteiger partial charge in [0.15, 0.2) is 6.61 Å². The first-order chi connectivity index (χ1) is 6.31. The van der Waals surface area contributed by atoms with Crippen molar-refractivity contribution in [3.63, 3.8) is 0 Å². The van der Waals surface area contributed by atoms with E-state index in [2.05, 4.69) is 4.74 Å². The molecule has 78 valence electrons. The predicted octanol–water partition coefficient (Wildman–Crippen LogP) is 0.900. The van der Waals surface area contributed by atoms with Gasteiger partial charge in [-0.1, -0.05) is 0 Å². The predicted molar refractivity (Wildman–Crippen MR) is 44.4 cm³/mol. The Balaban J connectivity index is 2.70. The minimum Gasteiger partial charge on any atom is -0.443 e. The fraction of sp³-hybridized carbons (Fsp3) is 0.625. The van der Waals surface area contributed by atoms with Crippen LogP contribution in [-0.2, 0) is 14.3 Å². The van der Waals surface area contributed by atoms with Gasteiger partial charge in [-0.15, -0.1) is 4.90 Å². The van der Waals surface area contributed by atoms with Crippen LogP contribution in [0.3, 0.4) is 0 Å². The van der Waals surface area contributed by atoms with Gasteiger partial charge in [-0.3, -0.25) is 4.79 Å². The molecule has 6 nitrogen and oxygen atoms in total. The fourth-order valence-electron chi connectivity index (χ4n) is 0.838. The lowest BCUT2D eigenvalue weighted by Crippen LogP contribution is -2.39. The molecule has 1 aliphatic heterocycles. The maximum atomic E-state index is 11.3. The summed E-state index contributed by atoms with van der Waals surface area (Å²) in [7, 11) is 0. The van der Waals surface area contributed by atoms with Crippen molar-refractivity contribution >= 4 is 18.1 Å². The van der Waals surface area contributed by atoms with Crippen molar-refractivity contribution in [2.24, 2.45) is 0 Å². The number of imide groups is 3. The summed E-state index contributed by atoms with van der Waals surface area (Å²) < 4.78 is 9.18. The third-order valence-electron chi connectivity index (χ3n) is 1.33. The second kappa shape index (κ2) is 3.28. The summed E-state index contributed by atoms with van der Waals surface area (Å²) in [5, 5.41) is 0. The minimum atomic E-state index is -0.995. The van der Waals surface area contributed by atoms with Crippen LogP contribution in [0.25, 0.3) is 0 Å². The number of rotatable bonds is 0. The van der Waals surface area contributed by atoms with Crippen LogP contribution < -0.4 is 0 Å². The molecular weight excluding hydrogens is 190 g/mol. The van der Waals surface area contributed by atoms with E-state index in [-0.39, 0.29) is 0 Å². The molecule has 0 bridgehead atoms. The SMILES string of the molecule is CC(C)(C)OC(=O)N1C(=O)COC1=O. The van der Waals surface area contributed by atoms with Gasteiger partial charge in [-0.2, -0.15) is 0 Å². The minimum absolute atomic E-state index is 0.352. The first-order valence-electron chi connectivity index (χ1n) is 4.04. The lowest BCUT2D eigenvalue weighted by atomic mass is 10.2. The normalized spacial score (nSPS) is 16.9. The Hall–Kier alpha value is -1.59. The largest absolute Gasteiger partial charge is 0.443 e. The Morgan fingerprint density at radius 2 is 2.00 bits per heavy atom. The van der Waals surface area contributed by atoms with Gasteiger partial charge in [0.05, 0.1) is 0 Å². The van der Waals surface area contributed by atoms with E-state index in [0.29, 0.717) is 4.90 Å². The van der Waals surface area contributed by atoms with Crippen molar-refractivity contribution in [2.75, 3.05) is 6.61 Å². The second-order valence-electron chi connectivity index (χ2n) is 3.76. The summed E-state index contributed by atoms with van der Waals surface area (Å²) in [6, 6.07) is 0. The molecule has 1 saturated heterocycles. The number of carbonyl (C=O) groups excluding carboxylic acids is 3. The van der Waals surface area contributed by atoms with Gasteiger partial charge < -0.3 is 9.47 Å². The number of cyclic esters (lactones) is 1. The standard InChI is InChI=1S/C8H11NO5/c1-8(2,3)14-7(12)9-5(10)4-13-6(9)11/h4H2,1-3H3. The van der Waals surface area contributed by atoms with Gasteiger partial charge in [0.1, 0.15) is 5.60 Å². The monoisotopic (exact) mass is 201 g/mol. The fourth-order valence-corrected chi connectivity index (χ4v) is 0.838. The van der Waals surface area contributed by atoms with Crippen molar-refractivity contribution in [3.8, 4) is 0 Å². The first kappa shape index (κ1) is 10.5. The van der Waals surface area contributed by atoms with Crippen LogP contribution >= 0.6 is 0 Å². The molecule has 0 saturated carbocycles. The lowest BCUT2D eigenvalue weighted by Gasteiger charge is -2.21. The Labute approximate surface area is 80.8 Å². The quantitative estimate of drug-likeness (QED) is 0.582. The van der Waals surface area contributed by atoms with Crippen LogP contribution in [0.2, 0.25) is 0 Å². The zero-order chi connectivity index (χ0) is 10.9. The molecule has 3 amide bonds. The average Bonchev–Trinajstić information content (AvgIpc) is 2.27. The van der Waals surface area contributed by atoms with Crippen LogP contribution in [0, 0.1) is 0 Å². The number of nitrogens with zero attached hydrogens (tertiary/aromatic N) is 1. The van der Waals surface area contributed by atoms with Crippen molar-refractivity contribution in [1.29, 1.82) is 0 Å². The zero-order valence-corrected chi connectivity index (χ0v) is 8.20. The Morgan fingerprint density at radius 1 is 1.43 bits per heavy atom. The molecule has 14 heavy (non-hydrogen) atoms.